The largest absolute Gasteiger partial charge is 0.478 e. The van der Waals surface area contributed by atoms with E-state index in [1.165, 1.54) is 12.1 Å². The third-order valence-corrected chi connectivity index (χ3v) is 2.73. The minimum Gasteiger partial charge on any atom is -0.478 e. The quantitative estimate of drug-likeness (QED) is 0.765. The first-order chi connectivity index (χ1) is 8.58. The number of hydrogen-bond donors (Lipinski definition) is 2. The Labute approximate surface area is 104 Å². The van der Waals surface area contributed by atoms with Crippen LogP contribution in [-0.2, 0) is 4.84 Å². The number of aromatic nitrogens is 1. The van der Waals surface area contributed by atoms with Gasteiger partial charge in [-0.05, 0) is 37.8 Å². The van der Waals surface area contributed by atoms with Crippen LogP contribution in [-0.4, -0.2) is 28.6 Å². The molecule has 1 saturated carbocycles. The van der Waals surface area contributed by atoms with Crippen LogP contribution in [0.3, 0.4) is 0 Å². The van der Waals surface area contributed by atoms with Crippen molar-refractivity contribution in [1.82, 2.24) is 10.5 Å². The first-order valence-corrected chi connectivity index (χ1v) is 5.71. The van der Waals surface area contributed by atoms with Gasteiger partial charge in [0.25, 0.3) is 5.91 Å². The Balaban J connectivity index is 1.96. The lowest BCUT2D eigenvalue weighted by molar-refractivity contribution is 0.0265. The molecule has 1 aromatic heterocycles. The van der Waals surface area contributed by atoms with Crippen LogP contribution in [0.1, 0.15) is 39.4 Å². The van der Waals surface area contributed by atoms with Gasteiger partial charge < -0.3 is 5.11 Å². The molecule has 0 bridgehead atoms. The van der Waals surface area contributed by atoms with E-state index in [9.17, 15) is 9.59 Å². The number of rotatable bonds is 5. The van der Waals surface area contributed by atoms with E-state index in [4.69, 9.17) is 9.94 Å². The van der Waals surface area contributed by atoms with Crippen LogP contribution in [0, 0.1) is 12.8 Å². The molecule has 1 aliphatic rings. The molecule has 0 aromatic carbocycles. The number of amides is 1. The predicted octanol–water partition coefficient (Wildman–Crippen LogP) is 1.16. The Hall–Kier alpha value is -1.95. The first kappa shape index (κ1) is 12.5. The van der Waals surface area contributed by atoms with Crippen molar-refractivity contribution < 1.29 is 19.5 Å². The third kappa shape index (κ3) is 3.04. The zero-order valence-electron chi connectivity index (χ0n) is 9.97. The van der Waals surface area contributed by atoms with Crippen molar-refractivity contribution in [3.63, 3.8) is 0 Å². The Morgan fingerprint density at radius 1 is 1.50 bits per heavy atom. The Morgan fingerprint density at radius 2 is 2.22 bits per heavy atom. The summed E-state index contributed by atoms with van der Waals surface area (Å²) in [5.41, 5.74) is 2.84. The number of aryl methyl sites for hydroxylation is 1. The van der Waals surface area contributed by atoms with Crippen LogP contribution in [0.5, 0.6) is 0 Å². The molecule has 2 N–H and O–H groups in total. The molecule has 2 rings (SSSR count). The average Bonchev–Trinajstić information content (AvgIpc) is 3.12. The van der Waals surface area contributed by atoms with E-state index in [1.54, 1.807) is 6.92 Å². The van der Waals surface area contributed by atoms with Crippen molar-refractivity contribution in [2.75, 3.05) is 6.61 Å². The summed E-state index contributed by atoms with van der Waals surface area (Å²) < 4.78 is 0. The molecule has 0 spiro atoms. The molecular formula is C12H14N2O4. The molecule has 18 heavy (non-hydrogen) atoms. The van der Waals surface area contributed by atoms with Gasteiger partial charge in [-0.25, -0.2) is 15.3 Å². The minimum atomic E-state index is -1.06. The molecule has 1 heterocycles. The number of carbonyl (C=O) groups is 2. The molecule has 0 saturated heterocycles. The zero-order valence-corrected chi connectivity index (χ0v) is 9.97. The number of pyridine rings is 1. The fraction of sp³-hybridized carbons (Fsp3) is 0.417. The SMILES string of the molecule is Cc1nc(C(=O)NOCC2CC2)ccc1C(=O)O. The van der Waals surface area contributed by atoms with E-state index in [0.717, 1.165) is 12.8 Å². The van der Waals surface area contributed by atoms with Crippen molar-refractivity contribution in [1.29, 1.82) is 0 Å². The van der Waals surface area contributed by atoms with Crippen LogP contribution < -0.4 is 5.48 Å². The van der Waals surface area contributed by atoms with Gasteiger partial charge in [0.2, 0.25) is 0 Å². The summed E-state index contributed by atoms with van der Waals surface area (Å²) in [4.78, 5) is 31.4. The number of nitrogens with zero attached hydrogens (tertiary/aromatic N) is 1. The van der Waals surface area contributed by atoms with Crippen molar-refractivity contribution in [2.45, 2.75) is 19.8 Å². The van der Waals surface area contributed by atoms with E-state index < -0.39 is 11.9 Å². The number of aromatic carboxylic acids is 1. The summed E-state index contributed by atoms with van der Waals surface area (Å²) in [6, 6.07) is 2.73. The second-order valence-corrected chi connectivity index (χ2v) is 4.32. The van der Waals surface area contributed by atoms with Gasteiger partial charge in [-0.3, -0.25) is 9.63 Å². The molecule has 0 atom stereocenters. The molecule has 0 aliphatic heterocycles. The number of carboxylic acids is 1. The number of hydrogen-bond acceptors (Lipinski definition) is 4. The number of nitrogens with one attached hydrogen (secondary N) is 1. The minimum absolute atomic E-state index is 0.0884. The lowest BCUT2D eigenvalue weighted by atomic mass is 10.2. The molecule has 1 fully saturated rings. The van der Waals surface area contributed by atoms with Crippen molar-refractivity contribution in [3.8, 4) is 0 Å². The molecule has 6 heteroatoms. The van der Waals surface area contributed by atoms with Crippen molar-refractivity contribution in [3.05, 3.63) is 29.1 Å². The molecular weight excluding hydrogens is 236 g/mol. The summed E-state index contributed by atoms with van der Waals surface area (Å²) in [6.45, 7) is 2.06. The van der Waals surface area contributed by atoms with Crippen LogP contribution >= 0.6 is 0 Å². The van der Waals surface area contributed by atoms with Gasteiger partial charge in [0, 0.05) is 0 Å². The van der Waals surface area contributed by atoms with Gasteiger partial charge in [0.1, 0.15) is 5.69 Å². The van der Waals surface area contributed by atoms with Crippen LogP contribution in [0.2, 0.25) is 0 Å². The van der Waals surface area contributed by atoms with Gasteiger partial charge in [-0.2, -0.15) is 0 Å². The Kier molecular flexibility index (Phi) is 3.57. The number of carbonyl (C=O) groups excluding carboxylic acids is 1. The van der Waals surface area contributed by atoms with Crippen molar-refractivity contribution >= 4 is 11.9 Å². The summed E-state index contributed by atoms with van der Waals surface area (Å²) in [5.74, 6) is -0.970. The summed E-state index contributed by atoms with van der Waals surface area (Å²) >= 11 is 0. The zero-order chi connectivity index (χ0) is 13.1. The Morgan fingerprint density at radius 3 is 2.78 bits per heavy atom. The predicted molar refractivity (Wildman–Crippen MR) is 62.1 cm³/mol. The summed E-state index contributed by atoms with van der Waals surface area (Å²) in [7, 11) is 0. The van der Waals surface area contributed by atoms with Gasteiger partial charge >= 0.3 is 5.97 Å². The van der Waals surface area contributed by atoms with E-state index >= 15 is 0 Å². The van der Waals surface area contributed by atoms with E-state index in [0.29, 0.717) is 18.2 Å². The fourth-order valence-corrected chi connectivity index (χ4v) is 1.48. The average molecular weight is 250 g/mol. The van der Waals surface area contributed by atoms with E-state index in [-0.39, 0.29) is 11.3 Å². The lowest BCUT2D eigenvalue weighted by Gasteiger charge is -2.06. The molecule has 6 nitrogen and oxygen atoms in total. The van der Waals surface area contributed by atoms with E-state index in [1.807, 2.05) is 0 Å². The summed E-state index contributed by atoms with van der Waals surface area (Å²) in [5, 5.41) is 8.84. The number of hydroxylamine groups is 1. The van der Waals surface area contributed by atoms with Crippen LogP contribution in [0.25, 0.3) is 0 Å². The van der Waals surface area contributed by atoms with Gasteiger partial charge in [-0.1, -0.05) is 0 Å². The highest BCUT2D eigenvalue weighted by molar-refractivity contribution is 5.93. The van der Waals surface area contributed by atoms with Crippen LogP contribution in [0.4, 0.5) is 0 Å². The topological polar surface area (TPSA) is 88.5 Å². The Bertz CT molecular complexity index is 483. The summed E-state index contributed by atoms with van der Waals surface area (Å²) in [6.07, 6.45) is 2.28. The smallest absolute Gasteiger partial charge is 0.337 e. The van der Waals surface area contributed by atoms with Crippen LogP contribution in [0.15, 0.2) is 12.1 Å². The maximum Gasteiger partial charge on any atom is 0.337 e. The third-order valence-electron chi connectivity index (χ3n) is 2.73. The molecule has 0 unspecified atom stereocenters. The standard InChI is InChI=1S/C12H14N2O4/c1-7-9(12(16)17)4-5-10(13-7)11(15)14-18-6-8-2-3-8/h4-5,8H,2-3,6H2,1H3,(H,14,15)(H,16,17). The lowest BCUT2D eigenvalue weighted by Crippen LogP contribution is -2.26. The number of carboxylic acid groups (broad SMARTS) is 1. The maximum atomic E-state index is 11.6. The highest BCUT2D eigenvalue weighted by atomic mass is 16.7. The molecule has 1 aliphatic carbocycles. The maximum absolute atomic E-state index is 11.6. The van der Waals surface area contributed by atoms with Gasteiger partial charge in [0.05, 0.1) is 17.9 Å². The second kappa shape index (κ2) is 5.14. The van der Waals surface area contributed by atoms with E-state index in [2.05, 4.69) is 10.5 Å². The normalized spacial score (nSPS) is 14.3. The highest BCUT2D eigenvalue weighted by Gasteiger charge is 2.22. The molecule has 96 valence electrons. The van der Waals surface area contributed by atoms with Gasteiger partial charge in [-0.15, -0.1) is 0 Å². The van der Waals surface area contributed by atoms with Gasteiger partial charge in [0.15, 0.2) is 0 Å². The second-order valence-electron chi connectivity index (χ2n) is 4.32. The molecule has 1 aromatic rings. The first-order valence-electron chi connectivity index (χ1n) is 5.71. The molecule has 0 radical (unpaired) electrons. The highest BCUT2D eigenvalue weighted by Crippen LogP contribution is 2.28. The fourth-order valence-electron chi connectivity index (χ4n) is 1.48. The monoisotopic (exact) mass is 250 g/mol. The van der Waals surface area contributed by atoms with Crippen molar-refractivity contribution in [2.24, 2.45) is 5.92 Å². The molecule has 1 amide bonds.